The molecule has 150 valence electrons. The van der Waals surface area contributed by atoms with Gasteiger partial charge in [0.2, 0.25) is 10.1 Å². The highest BCUT2D eigenvalue weighted by molar-refractivity contribution is 6.67. The first-order valence-corrected chi connectivity index (χ1v) is 8.71. The highest BCUT2D eigenvalue weighted by Gasteiger charge is 2.51. The minimum atomic E-state index is -2.05. The van der Waals surface area contributed by atoms with Gasteiger partial charge < -0.3 is 34.9 Å². The molecule has 2 aromatic rings. The number of rotatable bonds is 5. The largest absolute Gasteiger partial charge is 0.394 e. The van der Waals surface area contributed by atoms with Crippen molar-refractivity contribution in [1.82, 2.24) is 19.5 Å². The molecule has 0 aliphatic carbocycles. The summed E-state index contributed by atoms with van der Waals surface area (Å²) in [6.07, 6.45) is -6.90. The van der Waals surface area contributed by atoms with Crippen LogP contribution in [0.4, 0.5) is 0 Å². The number of hydrogen-bond acceptors (Lipinski definition) is 9. The van der Waals surface area contributed by atoms with Crippen LogP contribution in [0.1, 0.15) is 6.23 Å². The molecule has 0 amide bonds. The van der Waals surface area contributed by atoms with Gasteiger partial charge in [-0.25, -0.2) is 9.97 Å². The van der Waals surface area contributed by atoms with Crippen LogP contribution in [0, 0.1) is 0 Å². The number of hydrogen-bond donors (Lipinski definition) is 5. The van der Waals surface area contributed by atoms with Gasteiger partial charge in [-0.15, -0.1) is 0 Å². The maximum atomic E-state index is 11.8. The number of H-pyrrole nitrogens is 1. The van der Waals surface area contributed by atoms with Crippen LogP contribution in [0.25, 0.3) is 11.2 Å². The van der Waals surface area contributed by atoms with E-state index in [2.05, 4.69) is 15.0 Å². The standard InChI is InChI=1S/C13H15Cl3N4O7/c14-13(15,16)12-26-8(7(24)6(23)4(22)1-21)11(27-12)20-3-19-5-9(20)17-2-18-10(5)25/h2-4,6-8,11-12,21-24H,1H2,(H,17,18,25). The summed E-state index contributed by atoms with van der Waals surface area (Å²) >= 11 is 17.4. The van der Waals surface area contributed by atoms with Crippen molar-refractivity contribution in [2.24, 2.45) is 0 Å². The van der Waals surface area contributed by atoms with E-state index in [9.17, 15) is 20.1 Å². The zero-order valence-corrected chi connectivity index (χ0v) is 15.6. The number of aliphatic hydroxyl groups is 4. The Morgan fingerprint density at radius 1 is 1.26 bits per heavy atom. The van der Waals surface area contributed by atoms with Gasteiger partial charge in [-0.05, 0) is 0 Å². The molecule has 1 aliphatic heterocycles. The van der Waals surface area contributed by atoms with Gasteiger partial charge in [-0.1, -0.05) is 34.8 Å². The summed E-state index contributed by atoms with van der Waals surface area (Å²) in [6, 6.07) is 0. The lowest BCUT2D eigenvalue weighted by Gasteiger charge is -2.28. The number of nitrogens with one attached hydrogen (secondary N) is 1. The van der Waals surface area contributed by atoms with E-state index >= 15 is 0 Å². The van der Waals surface area contributed by atoms with Crippen LogP contribution in [-0.2, 0) is 9.47 Å². The van der Waals surface area contributed by atoms with Gasteiger partial charge in [-0.3, -0.25) is 9.36 Å². The van der Waals surface area contributed by atoms with Crippen LogP contribution in [0.3, 0.4) is 0 Å². The summed E-state index contributed by atoms with van der Waals surface area (Å²) < 4.78 is 10.2. The van der Waals surface area contributed by atoms with Crippen molar-refractivity contribution in [3.8, 4) is 0 Å². The third-order valence-corrected chi connectivity index (χ3v) is 4.53. The summed E-state index contributed by atoms with van der Waals surface area (Å²) in [7, 11) is 0. The molecule has 0 bridgehead atoms. The van der Waals surface area contributed by atoms with Crippen LogP contribution in [0.5, 0.6) is 0 Å². The van der Waals surface area contributed by atoms with Crippen molar-refractivity contribution in [3.63, 3.8) is 0 Å². The Morgan fingerprint density at radius 2 is 1.96 bits per heavy atom. The first-order valence-electron chi connectivity index (χ1n) is 7.58. The topological polar surface area (TPSA) is 163 Å². The Labute approximate surface area is 166 Å². The average molecular weight is 446 g/mol. The molecule has 27 heavy (non-hydrogen) atoms. The molecule has 1 aliphatic rings. The minimum absolute atomic E-state index is 0.0115. The van der Waals surface area contributed by atoms with Gasteiger partial charge in [0.15, 0.2) is 17.4 Å². The lowest BCUT2D eigenvalue weighted by Crippen LogP contribution is -2.48. The number of aliphatic hydroxyl groups excluding tert-OH is 4. The predicted molar refractivity (Wildman–Crippen MR) is 92.3 cm³/mol. The number of nitrogens with zero attached hydrogens (tertiary/aromatic N) is 3. The fourth-order valence-corrected chi connectivity index (χ4v) is 2.96. The second kappa shape index (κ2) is 7.78. The molecule has 0 radical (unpaired) electrons. The Kier molecular flexibility index (Phi) is 5.96. The first kappa shape index (κ1) is 20.7. The molecular weight excluding hydrogens is 431 g/mol. The van der Waals surface area contributed by atoms with Gasteiger partial charge >= 0.3 is 0 Å². The van der Waals surface area contributed by atoms with Gasteiger partial charge in [-0.2, -0.15) is 0 Å². The number of imidazole rings is 1. The highest BCUT2D eigenvalue weighted by atomic mass is 35.6. The monoisotopic (exact) mass is 444 g/mol. The summed E-state index contributed by atoms with van der Waals surface area (Å²) in [6.45, 7) is -0.810. The maximum Gasteiger partial charge on any atom is 0.278 e. The second-order valence-corrected chi connectivity index (χ2v) is 8.16. The van der Waals surface area contributed by atoms with Crippen molar-refractivity contribution in [2.45, 2.75) is 40.7 Å². The van der Waals surface area contributed by atoms with Crippen LogP contribution in [0.2, 0.25) is 0 Å². The Hall–Kier alpha value is -1.02. The van der Waals surface area contributed by atoms with Crippen LogP contribution in [0.15, 0.2) is 17.4 Å². The van der Waals surface area contributed by atoms with Crippen molar-refractivity contribution in [3.05, 3.63) is 23.0 Å². The molecule has 6 unspecified atom stereocenters. The fraction of sp³-hybridized carbons (Fsp3) is 0.615. The van der Waals surface area contributed by atoms with Crippen molar-refractivity contribution < 1.29 is 29.9 Å². The van der Waals surface area contributed by atoms with Gasteiger partial charge in [0.05, 0.1) is 19.3 Å². The van der Waals surface area contributed by atoms with Gasteiger partial charge in [0.25, 0.3) is 5.56 Å². The summed E-state index contributed by atoms with van der Waals surface area (Å²) in [5, 5.41) is 39.0. The third-order valence-electron chi connectivity index (χ3n) is 4.00. The summed E-state index contributed by atoms with van der Waals surface area (Å²) in [5.74, 6) is 0. The average Bonchev–Trinajstić information content (AvgIpc) is 3.24. The predicted octanol–water partition coefficient (Wildman–Crippen LogP) is -1.20. The molecule has 6 atom stereocenters. The summed E-state index contributed by atoms with van der Waals surface area (Å²) in [4.78, 5) is 22.1. The second-order valence-electron chi connectivity index (χ2n) is 5.79. The van der Waals surface area contributed by atoms with E-state index in [4.69, 9.17) is 49.4 Å². The van der Waals surface area contributed by atoms with E-state index < -0.39 is 52.9 Å². The van der Waals surface area contributed by atoms with E-state index in [-0.39, 0.29) is 11.2 Å². The van der Waals surface area contributed by atoms with Crippen LogP contribution < -0.4 is 5.56 Å². The zero-order chi connectivity index (χ0) is 19.9. The smallest absolute Gasteiger partial charge is 0.278 e. The molecule has 1 saturated heterocycles. The maximum absolute atomic E-state index is 11.8. The van der Waals surface area contributed by atoms with Crippen molar-refractivity contribution >= 4 is 46.0 Å². The SMILES string of the molecule is O=c1[nH]cnc2c1ncn2C1OC(C(Cl)(Cl)Cl)OC1C(O)C(O)C(O)CO. The first-order chi connectivity index (χ1) is 12.6. The van der Waals surface area contributed by atoms with E-state index in [1.165, 1.54) is 10.9 Å². The molecule has 2 aromatic heterocycles. The molecule has 0 aromatic carbocycles. The van der Waals surface area contributed by atoms with Crippen LogP contribution in [-0.4, -0.2) is 81.1 Å². The zero-order valence-electron chi connectivity index (χ0n) is 13.3. The molecular formula is C13H15Cl3N4O7. The molecule has 14 heteroatoms. The quantitative estimate of drug-likeness (QED) is 0.356. The van der Waals surface area contributed by atoms with Gasteiger partial charge in [0, 0.05) is 0 Å². The number of aromatic nitrogens is 4. The Bertz CT molecular complexity index is 856. The van der Waals surface area contributed by atoms with E-state index in [0.717, 1.165) is 6.33 Å². The van der Waals surface area contributed by atoms with Gasteiger partial charge in [0.1, 0.15) is 24.4 Å². The van der Waals surface area contributed by atoms with E-state index in [1.54, 1.807) is 0 Å². The highest BCUT2D eigenvalue weighted by Crippen LogP contribution is 2.43. The number of fused-ring (bicyclic) bond motifs is 1. The third kappa shape index (κ3) is 3.92. The molecule has 3 heterocycles. The van der Waals surface area contributed by atoms with E-state index in [0.29, 0.717) is 0 Å². The lowest BCUT2D eigenvalue weighted by atomic mass is 10.0. The molecule has 3 rings (SSSR count). The van der Waals surface area contributed by atoms with Crippen molar-refractivity contribution in [1.29, 1.82) is 0 Å². The fourth-order valence-electron chi connectivity index (χ4n) is 2.65. The number of alkyl halides is 3. The van der Waals surface area contributed by atoms with E-state index in [1.807, 2.05) is 0 Å². The Balaban J connectivity index is 2.01. The molecule has 0 saturated carbocycles. The van der Waals surface area contributed by atoms with Crippen LogP contribution >= 0.6 is 34.8 Å². The molecule has 1 fully saturated rings. The Morgan fingerprint density at radius 3 is 2.59 bits per heavy atom. The number of ether oxygens (including phenoxy) is 2. The normalized spacial score (nSPS) is 27.0. The molecule has 0 spiro atoms. The minimum Gasteiger partial charge on any atom is -0.394 e. The number of aromatic amines is 1. The summed E-state index contributed by atoms with van der Waals surface area (Å²) in [5.41, 5.74) is -0.433. The number of halogens is 3. The molecule has 5 N–H and O–H groups in total. The lowest BCUT2D eigenvalue weighted by molar-refractivity contribution is -0.134. The van der Waals surface area contributed by atoms with Crippen molar-refractivity contribution in [2.75, 3.05) is 6.61 Å². The molecule has 11 nitrogen and oxygen atoms in total.